The minimum Gasteiger partial charge on any atom is -0.423 e. The van der Waals surface area contributed by atoms with Crippen LogP contribution in [0.1, 0.15) is 17.3 Å². The van der Waals surface area contributed by atoms with E-state index in [4.69, 9.17) is 4.74 Å². The summed E-state index contributed by atoms with van der Waals surface area (Å²) in [5, 5.41) is 5.21. The van der Waals surface area contributed by atoms with Gasteiger partial charge in [0.2, 0.25) is 5.43 Å². The zero-order chi connectivity index (χ0) is 22.9. The fraction of sp³-hybridized carbons (Fsp3) is 0.240. The van der Waals surface area contributed by atoms with Gasteiger partial charge in [0.1, 0.15) is 17.0 Å². The van der Waals surface area contributed by atoms with Crippen molar-refractivity contribution in [3.05, 3.63) is 76.3 Å². The van der Waals surface area contributed by atoms with Gasteiger partial charge in [-0.05, 0) is 35.9 Å². The molecule has 0 aliphatic carbocycles. The van der Waals surface area contributed by atoms with Crippen LogP contribution in [0.25, 0.3) is 21.8 Å². The molecule has 1 saturated heterocycles. The van der Waals surface area contributed by atoms with Crippen LogP contribution in [0.2, 0.25) is 0 Å². The lowest BCUT2D eigenvalue weighted by molar-refractivity contribution is 0.0733. The van der Waals surface area contributed by atoms with E-state index in [1.54, 1.807) is 16.7 Å². The molecular weight excluding hydrogens is 423 g/mol. The van der Waals surface area contributed by atoms with Crippen molar-refractivity contribution in [1.29, 1.82) is 0 Å². The molecule has 33 heavy (non-hydrogen) atoms. The minimum atomic E-state index is -0.786. The highest BCUT2D eigenvalue weighted by atomic mass is 19.1. The van der Waals surface area contributed by atoms with Gasteiger partial charge in [-0.1, -0.05) is 30.3 Å². The molecule has 0 spiro atoms. The van der Waals surface area contributed by atoms with Crippen molar-refractivity contribution in [2.45, 2.75) is 13.5 Å². The van der Waals surface area contributed by atoms with Gasteiger partial charge in [-0.25, -0.2) is 14.2 Å². The molecule has 2 aromatic carbocycles. The van der Waals surface area contributed by atoms with Crippen LogP contribution in [0.5, 0.6) is 5.75 Å². The third-order valence-corrected chi connectivity index (χ3v) is 5.89. The lowest BCUT2D eigenvalue weighted by Crippen LogP contribution is -2.44. The second-order valence-corrected chi connectivity index (χ2v) is 7.96. The molecule has 0 atom stereocenters. The van der Waals surface area contributed by atoms with Crippen LogP contribution in [0.4, 0.5) is 10.2 Å². The first-order valence-electron chi connectivity index (χ1n) is 11.0. The molecule has 0 unspecified atom stereocenters. The third-order valence-electron chi connectivity index (χ3n) is 5.89. The molecule has 8 heteroatoms. The highest BCUT2D eigenvalue weighted by Crippen LogP contribution is 2.24. The van der Waals surface area contributed by atoms with Crippen molar-refractivity contribution in [2.75, 3.05) is 31.1 Å². The molecule has 1 aliphatic rings. The molecule has 168 valence electrons. The van der Waals surface area contributed by atoms with Gasteiger partial charge in [-0.3, -0.25) is 4.79 Å². The Kier molecular flexibility index (Phi) is 5.51. The van der Waals surface area contributed by atoms with E-state index in [2.05, 4.69) is 10.3 Å². The van der Waals surface area contributed by atoms with E-state index < -0.39 is 17.2 Å². The Bertz CT molecular complexity index is 1430. The van der Waals surface area contributed by atoms with Crippen LogP contribution in [0, 0.1) is 5.82 Å². The number of aromatic nitrogens is 2. The standard InChI is InChI=1S/C25H23FN4O3/c1-2-29-15-20(25(32)33-18-8-7-16-5-3-4-6-17(16)13-18)22(31)19-14-21(26)24(28-23(19)29)30-11-9-27-10-12-30/h3-8,13-15,27H,2,9-12H2,1H3. The third kappa shape index (κ3) is 3.93. The summed E-state index contributed by atoms with van der Waals surface area (Å²) in [5.74, 6) is -0.813. The predicted molar refractivity (Wildman–Crippen MR) is 126 cm³/mol. The van der Waals surface area contributed by atoms with Crippen LogP contribution >= 0.6 is 0 Å². The number of hydrogen-bond acceptors (Lipinski definition) is 6. The number of pyridine rings is 2. The molecule has 1 N–H and O–H groups in total. The van der Waals surface area contributed by atoms with Gasteiger partial charge in [0.05, 0.1) is 5.39 Å². The number of carbonyl (C=O) groups is 1. The Morgan fingerprint density at radius 3 is 2.64 bits per heavy atom. The highest BCUT2D eigenvalue weighted by molar-refractivity contribution is 5.95. The van der Waals surface area contributed by atoms with E-state index in [9.17, 15) is 14.0 Å². The average Bonchev–Trinajstić information content (AvgIpc) is 2.84. The van der Waals surface area contributed by atoms with Gasteiger partial charge in [0.25, 0.3) is 0 Å². The van der Waals surface area contributed by atoms with E-state index in [1.165, 1.54) is 12.3 Å². The fourth-order valence-electron chi connectivity index (χ4n) is 4.15. The molecule has 4 aromatic rings. The SMILES string of the molecule is CCn1cc(C(=O)Oc2ccc3ccccc3c2)c(=O)c2cc(F)c(N3CCNCC3)nc21. The van der Waals surface area contributed by atoms with E-state index in [1.807, 2.05) is 42.2 Å². The summed E-state index contributed by atoms with van der Waals surface area (Å²) in [6.45, 7) is 5.05. The monoisotopic (exact) mass is 446 g/mol. The first-order chi connectivity index (χ1) is 16.0. The van der Waals surface area contributed by atoms with Crippen LogP contribution in [-0.4, -0.2) is 41.7 Å². The molecule has 0 bridgehead atoms. The Hall–Kier alpha value is -3.78. The number of fused-ring (bicyclic) bond motifs is 2. The Morgan fingerprint density at radius 1 is 1.12 bits per heavy atom. The number of esters is 1. The summed E-state index contributed by atoms with van der Waals surface area (Å²) in [4.78, 5) is 32.4. The van der Waals surface area contributed by atoms with Gasteiger partial charge >= 0.3 is 5.97 Å². The lowest BCUT2D eigenvalue weighted by Gasteiger charge is -2.29. The highest BCUT2D eigenvalue weighted by Gasteiger charge is 2.22. The molecule has 1 fully saturated rings. The van der Waals surface area contributed by atoms with Crippen molar-refractivity contribution in [1.82, 2.24) is 14.9 Å². The number of benzene rings is 2. The number of nitrogens with zero attached hydrogens (tertiary/aromatic N) is 3. The first-order valence-corrected chi connectivity index (χ1v) is 11.0. The van der Waals surface area contributed by atoms with Crippen LogP contribution in [0.3, 0.4) is 0 Å². The van der Waals surface area contributed by atoms with Crippen molar-refractivity contribution in [3.8, 4) is 5.75 Å². The topological polar surface area (TPSA) is 76.5 Å². The first kappa shape index (κ1) is 21.1. The Balaban J connectivity index is 1.54. The Morgan fingerprint density at radius 2 is 1.88 bits per heavy atom. The zero-order valence-electron chi connectivity index (χ0n) is 18.2. The van der Waals surface area contributed by atoms with Crippen molar-refractivity contribution in [2.24, 2.45) is 0 Å². The summed E-state index contributed by atoms with van der Waals surface area (Å²) < 4.78 is 22.1. The predicted octanol–water partition coefficient (Wildman–Crippen LogP) is 3.34. The summed E-state index contributed by atoms with van der Waals surface area (Å²) in [5.41, 5.74) is -0.410. The summed E-state index contributed by atoms with van der Waals surface area (Å²) >= 11 is 0. The maximum absolute atomic E-state index is 15.0. The number of carbonyl (C=O) groups excluding carboxylic acids is 1. The maximum Gasteiger partial charge on any atom is 0.349 e. The summed E-state index contributed by atoms with van der Waals surface area (Å²) in [6.07, 6.45) is 1.44. The second kappa shape index (κ2) is 8.63. The summed E-state index contributed by atoms with van der Waals surface area (Å²) in [7, 11) is 0. The van der Waals surface area contributed by atoms with E-state index in [0.717, 1.165) is 23.9 Å². The number of rotatable bonds is 4. The summed E-state index contributed by atoms with van der Waals surface area (Å²) in [6, 6.07) is 14.1. The number of halogens is 1. The number of aryl methyl sites for hydroxylation is 1. The number of ether oxygens (including phenoxy) is 1. The quantitative estimate of drug-likeness (QED) is 0.383. The molecular formula is C25H23FN4O3. The van der Waals surface area contributed by atoms with Gasteiger partial charge < -0.3 is 19.5 Å². The van der Waals surface area contributed by atoms with Crippen LogP contribution < -0.4 is 20.4 Å². The molecule has 0 saturated carbocycles. The molecule has 3 heterocycles. The average molecular weight is 446 g/mol. The largest absolute Gasteiger partial charge is 0.423 e. The molecule has 7 nitrogen and oxygen atoms in total. The maximum atomic E-state index is 15.0. The van der Waals surface area contributed by atoms with E-state index >= 15 is 0 Å². The fourth-order valence-corrected chi connectivity index (χ4v) is 4.15. The van der Waals surface area contributed by atoms with Crippen molar-refractivity contribution in [3.63, 3.8) is 0 Å². The van der Waals surface area contributed by atoms with E-state index in [0.29, 0.717) is 31.0 Å². The molecule has 0 amide bonds. The minimum absolute atomic E-state index is 0.0567. The van der Waals surface area contributed by atoms with Crippen molar-refractivity contribution >= 4 is 33.6 Å². The van der Waals surface area contributed by atoms with Crippen LogP contribution in [-0.2, 0) is 6.54 Å². The lowest BCUT2D eigenvalue weighted by atomic mass is 10.1. The van der Waals surface area contributed by atoms with Crippen LogP contribution in [0.15, 0.2) is 59.5 Å². The molecule has 1 aliphatic heterocycles. The smallest absolute Gasteiger partial charge is 0.349 e. The molecule has 0 radical (unpaired) electrons. The zero-order valence-corrected chi connectivity index (χ0v) is 18.2. The Labute approximate surface area is 189 Å². The normalized spacial score (nSPS) is 14.1. The number of anilines is 1. The second-order valence-electron chi connectivity index (χ2n) is 7.96. The molecule has 5 rings (SSSR count). The number of hydrogen-bond donors (Lipinski definition) is 1. The number of piperazine rings is 1. The van der Waals surface area contributed by atoms with Gasteiger partial charge in [0.15, 0.2) is 11.6 Å². The van der Waals surface area contributed by atoms with Gasteiger partial charge in [-0.2, -0.15) is 0 Å². The van der Waals surface area contributed by atoms with Gasteiger partial charge in [-0.15, -0.1) is 0 Å². The van der Waals surface area contributed by atoms with Crippen molar-refractivity contribution < 1.29 is 13.9 Å². The molecule has 2 aromatic heterocycles. The van der Waals surface area contributed by atoms with Gasteiger partial charge in [0, 0.05) is 38.9 Å². The number of nitrogens with one attached hydrogen (secondary N) is 1. The van der Waals surface area contributed by atoms with E-state index in [-0.39, 0.29) is 16.8 Å².